The average Bonchev–Trinajstić information content (AvgIpc) is 2.74. The molecule has 0 bridgehead atoms. The number of likely N-dealkylation sites (N-methyl/N-ethyl adjacent to an activating group) is 1. The number of allylic oxidation sites excluding steroid dienone is 1. The molecule has 4 heteroatoms. The van der Waals surface area contributed by atoms with Crippen LogP contribution in [0, 0.1) is 0 Å². The van der Waals surface area contributed by atoms with Gasteiger partial charge in [0.1, 0.15) is 0 Å². The topological polar surface area (TPSA) is 52.6 Å². The zero-order chi connectivity index (χ0) is 12.7. The first-order valence-corrected chi connectivity index (χ1v) is 6.42. The summed E-state index contributed by atoms with van der Waals surface area (Å²) in [6.45, 7) is 5.01. The molecule has 2 atom stereocenters. The summed E-state index contributed by atoms with van der Waals surface area (Å²) in [5, 5.41) is 12.4. The second-order valence-electron chi connectivity index (χ2n) is 4.75. The van der Waals surface area contributed by atoms with Gasteiger partial charge in [0.25, 0.3) is 0 Å². The molecule has 98 valence electrons. The largest absolute Gasteiger partial charge is 0.392 e. The summed E-state index contributed by atoms with van der Waals surface area (Å²) in [6, 6.07) is -0.192. The zero-order valence-corrected chi connectivity index (χ0v) is 10.7. The second-order valence-corrected chi connectivity index (χ2v) is 4.75. The predicted octanol–water partition coefficient (Wildman–Crippen LogP) is 0.914. The molecule has 0 spiro atoms. The summed E-state index contributed by atoms with van der Waals surface area (Å²) in [5.41, 5.74) is 0. The summed E-state index contributed by atoms with van der Waals surface area (Å²) in [5.74, 6) is 0.102. The number of nitrogens with zero attached hydrogens (tertiary/aromatic N) is 1. The number of carbonyl (C=O) groups is 1. The van der Waals surface area contributed by atoms with Gasteiger partial charge in [-0.2, -0.15) is 0 Å². The van der Waals surface area contributed by atoms with E-state index in [0.717, 1.165) is 32.2 Å². The van der Waals surface area contributed by atoms with E-state index in [1.54, 1.807) is 4.90 Å². The molecule has 0 aliphatic carbocycles. The van der Waals surface area contributed by atoms with Crippen molar-refractivity contribution in [2.24, 2.45) is 0 Å². The molecule has 0 aromatic carbocycles. The van der Waals surface area contributed by atoms with Crippen LogP contribution in [0.15, 0.2) is 12.7 Å². The van der Waals surface area contributed by atoms with Gasteiger partial charge in [-0.25, -0.2) is 0 Å². The molecule has 1 aliphatic heterocycles. The lowest BCUT2D eigenvalue weighted by Crippen LogP contribution is -2.41. The highest BCUT2D eigenvalue weighted by molar-refractivity contribution is 5.82. The fourth-order valence-corrected chi connectivity index (χ4v) is 2.10. The highest BCUT2D eigenvalue weighted by atomic mass is 16.3. The van der Waals surface area contributed by atoms with E-state index in [1.807, 2.05) is 13.1 Å². The molecule has 0 aromatic rings. The van der Waals surface area contributed by atoms with Gasteiger partial charge in [0, 0.05) is 20.1 Å². The minimum atomic E-state index is -0.370. The summed E-state index contributed by atoms with van der Waals surface area (Å²) in [7, 11) is 1.84. The van der Waals surface area contributed by atoms with Crippen LogP contribution in [0.25, 0.3) is 0 Å². The van der Waals surface area contributed by atoms with Crippen molar-refractivity contribution in [1.82, 2.24) is 10.2 Å². The maximum absolute atomic E-state index is 11.9. The molecule has 1 aliphatic rings. The van der Waals surface area contributed by atoms with E-state index >= 15 is 0 Å². The summed E-state index contributed by atoms with van der Waals surface area (Å²) in [6.07, 6.45) is 6.46. The molecule has 17 heavy (non-hydrogen) atoms. The number of aliphatic hydroxyl groups excluding tert-OH is 1. The van der Waals surface area contributed by atoms with Crippen molar-refractivity contribution in [3.63, 3.8) is 0 Å². The van der Waals surface area contributed by atoms with E-state index in [4.69, 9.17) is 0 Å². The Morgan fingerprint density at radius 1 is 1.53 bits per heavy atom. The number of aliphatic hydroxyl groups is 1. The van der Waals surface area contributed by atoms with Crippen LogP contribution >= 0.6 is 0 Å². The average molecular weight is 240 g/mol. The zero-order valence-electron chi connectivity index (χ0n) is 10.7. The second kappa shape index (κ2) is 7.45. The van der Waals surface area contributed by atoms with Crippen molar-refractivity contribution in [2.75, 3.05) is 20.1 Å². The summed E-state index contributed by atoms with van der Waals surface area (Å²) >= 11 is 0. The number of unbranched alkanes of at least 4 members (excludes halogenated alkanes) is 3. The molecule has 0 radical (unpaired) electrons. The van der Waals surface area contributed by atoms with Gasteiger partial charge in [0.15, 0.2) is 0 Å². The third-order valence-corrected chi connectivity index (χ3v) is 3.18. The van der Waals surface area contributed by atoms with Gasteiger partial charge in [-0.3, -0.25) is 4.79 Å². The third-order valence-electron chi connectivity index (χ3n) is 3.18. The molecular formula is C13H24N2O2. The fourth-order valence-electron chi connectivity index (χ4n) is 2.10. The number of hydrogen-bond acceptors (Lipinski definition) is 3. The summed E-state index contributed by atoms with van der Waals surface area (Å²) < 4.78 is 0. The Hall–Kier alpha value is -0.870. The van der Waals surface area contributed by atoms with E-state index in [0.29, 0.717) is 13.0 Å². The Bertz CT molecular complexity index is 256. The standard InChI is InChI=1S/C13H24N2O2/c1-3-4-5-6-7-8-15(2)13(17)12-9-11(16)10-14-12/h3,11-12,14,16H,1,4-10H2,2H3. The van der Waals surface area contributed by atoms with Crippen LogP contribution in [0.2, 0.25) is 0 Å². The number of β-amino-alcohol motifs (C(OH)–C–C–N with tert-alkyl or cyclic N) is 1. The lowest BCUT2D eigenvalue weighted by molar-refractivity contribution is -0.132. The maximum atomic E-state index is 11.9. The van der Waals surface area contributed by atoms with Crippen LogP contribution in [-0.4, -0.2) is 48.2 Å². The van der Waals surface area contributed by atoms with Gasteiger partial charge in [0.05, 0.1) is 12.1 Å². The third kappa shape index (κ3) is 4.88. The van der Waals surface area contributed by atoms with Gasteiger partial charge >= 0.3 is 0 Å². The van der Waals surface area contributed by atoms with E-state index in [2.05, 4.69) is 11.9 Å². The predicted molar refractivity (Wildman–Crippen MR) is 68.7 cm³/mol. The minimum Gasteiger partial charge on any atom is -0.392 e. The van der Waals surface area contributed by atoms with Crippen LogP contribution in [0.1, 0.15) is 32.1 Å². The maximum Gasteiger partial charge on any atom is 0.239 e. The molecule has 1 saturated heterocycles. The highest BCUT2D eigenvalue weighted by Crippen LogP contribution is 2.09. The van der Waals surface area contributed by atoms with Gasteiger partial charge in [-0.05, 0) is 25.7 Å². The van der Waals surface area contributed by atoms with Crippen LogP contribution in [0.3, 0.4) is 0 Å². The minimum absolute atomic E-state index is 0.102. The molecule has 4 nitrogen and oxygen atoms in total. The smallest absolute Gasteiger partial charge is 0.239 e. The van der Waals surface area contributed by atoms with Crippen molar-refractivity contribution >= 4 is 5.91 Å². The van der Waals surface area contributed by atoms with Crippen molar-refractivity contribution in [3.05, 3.63) is 12.7 Å². The van der Waals surface area contributed by atoms with E-state index in [1.165, 1.54) is 0 Å². The van der Waals surface area contributed by atoms with E-state index in [9.17, 15) is 9.90 Å². The van der Waals surface area contributed by atoms with Crippen molar-refractivity contribution in [1.29, 1.82) is 0 Å². The Morgan fingerprint density at radius 3 is 2.88 bits per heavy atom. The number of amides is 1. The molecule has 2 N–H and O–H groups in total. The molecular weight excluding hydrogens is 216 g/mol. The highest BCUT2D eigenvalue weighted by Gasteiger charge is 2.29. The van der Waals surface area contributed by atoms with Crippen molar-refractivity contribution < 1.29 is 9.90 Å². The SMILES string of the molecule is C=CCCCCCN(C)C(=O)C1CC(O)CN1. The van der Waals surface area contributed by atoms with E-state index in [-0.39, 0.29) is 18.1 Å². The van der Waals surface area contributed by atoms with Crippen molar-refractivity contribution in [3.8, 4) is 0 Å². The van der Waals surface area contributed by atoms with Crippen LogP contribution in [0.5, 0.6) is 0 Å². The quantitative estimate of drug-likeness (QED) is 0.514. The van der Waals surface area contributed by atoms with Gasteiger partial charge in [-0.1, -0.05) is 12.5 Å². The number of nitrogens with one attached hydrogen (secondary N) is 1. The van der Waals surface area contributed by atoms with Gasteiger partial charge < -0.3 is 15.3 Å². The Balaban J connectivity index is 2.16. The summed E-state index contributed by atoms with van der Waals surface area (Å²) in [4.78, 5) is 13.7. The van der Waals surface area contributed by atoms with Gasteiger partial charge in [0.2, 0.25) is 5.91 Å². The number of carbonyl (C=O) groups excluding carboxylic acids is 1. The molecule has 2 unspecified atom stereocenters. The van der Waals surface area contributed by atoms with Gasteiger partial charge in [-0.15, -0.1) is 6.58 Å². The van der Waals surface area contributed by atoms with Crippen LogP contribution < -0.4 is 5.32 Å². The Labute approximate surface area is 104 Å². The lowest BCUT2D eigenvalue weighted by Gasteiger charge is -2.21. The first kappa shape index (κ1) is 14.2. The first-order valence-electron chi connectivity index (χ1n) is 6.42. The Kier molecular flexibility index (Phi) is 6.22. The van der Waals surface area contributed by atoms with E-state index < -0.39 is 0 Å². The number of rotatable bonds is 7. The molecule has 1 heterocycles. The molecule has 1 amide bonds. The monoisotopic (exact) mass is 240 g/mol. The molecule has 0 saturated carbocycles. The Morgan fingerprint density at radius 2 is 2.29 bits per heavy atom. The molecule has 1 rings (SSSR count). The molecule has 1 fully saturated rings. The number of hydrogen-bond donors (Lipinski definition) is 2. The first-order chi connectivity index (χ1) is 8.15. The lowest BCUT2D eigenvalue weighted by atomic mass is 10.1. The van der Waals surface area contributed by atoms with Crippen LogP contribution in [0.4, 0.5) is 0 Å². The molecule has 0 aromatic heterocycles. The normalized spacial score (nSPS) is 23.6. The van der Waals surface area contributed by atoms with Crippen molar-refractivity contribution in [2.45, 2.75) is 44.2 Å². The fraction of sp³-hybridized carbons (Fsp3) is 0.769. The van der Waals surface area contributed by atoms with Crippen LogP contribution in [-0.2, 0) is 4.79 Å².